The summed E-state index contributed by atoms with van der Waals surface area (Å²) in [6.45, 7) is 0.315. The van der Waals surface area contributed by atoms with Crippen molar-refractivity contribution in [2.24, 2.45) is 5.14 Å². The highest BCUT2D eigenvalue weighted by atomic mass is 32.2. The summed E-state index contributed by atoms with van der Waals surface area (Å²) < 4.78 is 33.3. The fourth-order valence-electron chi connectivity index (χ4n) is 3.06. The van der Waals surface area contributed by atoms with Gasteiger partial charge in [-0.3, -0.25) is 4.79 Å². The van der Waals surface area contributed by atoms with E-state index in [1.807, 2.05) is 30.3 Å². The average Bonchev–Trinajstić information content (AvgIpc) is 2.58. The summed E-state index contributed by atoms with van der Waals surface area (Å²) in [4.78, 5) is 12.6. The summed E-state index contributed by atoms with van der Waals surface area (Å²) in [6, 6.07) is 15.5. The van der Waals surface area contributed by atoms with Gasteiger partial charge in [0, 0.05) is 0 Å². The lowest BCUT2D eigenvalue weighted by Gasteiger charge is -2.39. The number of esters is 1. The van der Waals surface area contributed by atoms with E-state index in [2.05, 4.69) is 0 Å². The molecule has 0 saturated heterocycles. The quantitative estimate of drug-likeness (QED) is 0.592. The van der Waals surface area contributed by atoms with Gasteiger partial charge in [-0.05, 0) is 42.7 Å². The third-order valence-electron chi connectivity index (χ3n) is 4.66. The normalized spacial score (nSPS) is 15.7. The number of rotatable bonds is 7. The molecule has 0 amide bonds. The maximum atomic E-state index is 12.6. The van der Waals surface area contributed by atoms with Gasteiger partial charge in [-0.15, -0.1) is 0 Å². The van der Waals surface area contributed by atoms with Crippen molar-refractivity contribution in [1.82, 2.24) is 0 Å². The maximum Gasteiger partial charge on any atom is 0.316 e. The van der Waals surface area contributed by atoms with Crippen LogP contribution in [0.4, 0.5) is 0 Å². The molecule has 3 rings (SSSR count). The number of nitrogens with two attached hydrogens (primary N) is 1. The van der Waals surface area contributed by atoms with E-state index in [9.17, 15) is 13.2 Å². The Bertz CT molecular complexity index is 859. The molecule has 26 heavy (non-hydrogen) atoms. The monoisotopic (exact) mass is 375 g/mol. The fraction of sp³-hybridized carbons (Fsp3) is 0.316. The number of hydrogen-bond acceptors (Lipinski definition) is 5. The van der Waals surface area contributed by atoms with Crippen molar-refractivity contribution < 1.29 is 22.7 Å². The van der Waals surface area contributed by atoms with Gasteiger partial charge in [0.25, 0.3) is 0 Å². The Kier molecular flexibility index (Phi) is 5.29. The molecule has 1 aliphatic carbocycles. The molecule has 1 saturated carbocycles. The van der Waals surface area contributed by atoms with E-state index in [1.54, 1.807) is 0 Å². The number of primary sulfonamides is 1. The summed E-state index contributed by atoms with van der Waals surface area (Å²) in [6.07, 6.45) is 2.61. The molecular formula is C19H21NO5S. The van der Waals surface area contributed by atoms with E-state index < -0.39 is 15.4 Å². The number of hydrogen-bond donors (Lipinski definition) is 1. The smallest absolute Gasteiger partial charge is 0.316 e. The van der Waals surface area contributed by atoms with Crippen LogP contribution in [-0.4, -0.2) is 27.6 Å². The Hall–Kier alpha value is -2.38. The van der Waals surface area contributed by atoms with Gasteiger partial charge in [0.05, 0.1) is 10.3 Å². The van der Waals surface area contributed by atoms with Gasteiger partial charge in [-0.25, -0.2) is 13.6 Å². The van der Waals surface area contributed by atoms with Crippen molar-refractivity contribution >= 4 is 16.0 Å². The van der Waals surface area contributed by atoms with Crippen LogP contribution in [0.15, 0.2) is 59.5 Å². The van der Waals surface area contributed by atoms with Crippen LogP contribution in [0, 0.1) is 0 Å². The highest BCUT2D eigenvalue weighted by Gasteiger charge is 2.46. The Morgan fingerprint density at radius 3 is 2.19 bits per heavy atom. The second-order valence-electron chi connectivity index (χ2n) is 6.30. The Labute approximate surface area is 153 Å². The molecule has 0 heterocycles. The van der Waals surface area contributed by atoms with Crippen LogP contribution in [0.25, 0.3) is 0 Å². The van der Waals surface area contributed by atoms with Crippen LogP contribution >= 0.6 is 0 Å². The SMILES string of the molecule is NS(=O)(=O)c1ccc(OCCOC(=O)C2(c3ccccc3)CCC2)cc1. The summed E-state index contributed by atoms with van der Waals surface area (Å²) >= 11 is 0. The van der Waals surface area contributed by atoms with E-state index in [4.69, 9.17) is 14.6 Å². The third-order valence-corrected chi connectivity index (χ3v) is 5.59. The standard InChI is InChI=1S/C19H21NO5S/c20-26(22,23)17-9-7-16(8-10-17)24-13-14-25-18(21)19(11-4-12-19)15-5-2-1-3-6-15/h1-3,5-10H,4,11-14H2,(H2,20,22,23). The van der Waals surface area contributed by atoms with Gasteiger partial charge in [0.1, 0.15) is 19.0 Å². The average molecular weight is 375 g/mol. The highest BCUT2D eigenvalue weighted by molar-refractivity contribution is 7.89. The minimum Gasteiger partial charge on any atom is -0.490 e. The largest absolute Gasteiger partial charge is 0.490 e. The third kappa shape index (κ3) is 3.89. The van der Waals surface area contributed by atoms with Crippen LogP contribution < -0.4 is 9.88 Å². The molecule has 0 bridgehead atoms. The van der Waals surface area contributed by atoms with Crippen molar-refractivity contribution in [2.75, 3.05) is 13.2 Å². The predicted octanol–water partition coefficient (Wildman–Crippen LogP) is 2.38. The lowest BCUT2D eigenvalue weighted by atomic mass is 9.64. The number of benzene rings is 2. The number of carbonyl (C=O) groups excluding carboxylic acids is 1. The van der Waals surface area contributed by atoms with E-state index in [-0.39, 0.29) is 24.1 Å². The highest BCUT2D eigenvalue weighted by Crippen LogP contribution is 2.44. The molecule has 0 unspecified atom stereocenters. The number of sulfonamides is 1. The molecule has 138 valence electrons. The van der Waals surface area contributed by atoms with E-state index in [1.165, 1.54) is 24.3 Å². The van der Waals surface area contributed by atoms with Gasteiger partial charge in [0.15, 0.2) is 0 Å². The molecule has 0 spiro atoms. The molecule has 2 aromatic carbocycles. The molecule has 2 aromatic rings. The molecule has 7 heteroatoms. The van der Waals surface area contributed by atoms with E-state index >= 15 is 0 Å². The van der Waals surface area contributed by atoms with E-state index in [0.29, 0.717) is 5.75 Å². The van der Waals surface area contributed by atoms with Gasteiger partial charge in [-0.1, -0.05) is 36.8 Å². The summed E-state index contributed by atoms with van der Waals surface area (Å²) in [5, 5.41) is 5.04. The Balaban J connectivity index is 1.51. The molecule has 0 aromatic heterocycles. The van der Waals surface area contributed by atoms with Crippen molar-refractivity contribution in [2.45, 2.75) is 29.6 Å². The minimum absolute atomic E-state index is 0.0195. The molecule has 0 atom stereocenters. The first-order chi connectivity index (χ1) is 12.4. The first-order valence-electron chi connectivity index (χ1n) is 8.40. The van der Waals surface area contributed by atoms with Crippen molar-refractivity contribution in [3.05, 3.63) is 60.2 Å². The van der Waals surface area contributed by atoms with Crippen LogP contribution in [-0.2, 0) is 25.0 Å². The lowest BCUT2D eigenvalue weighted by Crippen LogP contribution is -2.44. The summed E-state index contributed by atoms with van der Waals surface area (Å²) in [7, 11) is -3.72. The minimum atomic E-state index is -3.72. The lowest BCUT2D eigenvalue weighted by molar-refractivity contribution is -0.155. The first kappa shape index (κ1) is 18.4. The zero-order chi connectivity index (χ0) is 18.6. The predicted molar refractivity (Wildman–Crippen MR) is 96.2 cm³/mol. The molecular weight excluding hydrogens is 354 g/mol. The van der Waals surface area contributed by atoms with E-state index in [0.717, 1.165) is 24.8 Å². The second kappa shape index (κ2) is 7.47. The zero-order valence-electron chi connectivity index (χ0n) is 14.3. The second-order valence-corrected chi connectivity index (χ2v) is 7.86. The van der Waals surface area contributed by atoms with Crippen molar-refractivity contribution in [3.63, 3.8) is 0 Å². The first-order valence-corrected chi connectivity index (χ1v) is 9.95. The number of ether oxygens (including phenoxy) is 2. The van der Waals surface area contributed by atoms with Gasteiger partial charge < -0.3 is 9.47 Å². The maximum absolute atomic E-state index is 12.6. The number of carbonyl (C=O) groups is 1. The van der Waals surface area contributed by atoms with Crippen LogP contribution in [0.5, 0.6) is 5.75 Å². The molecule has 1 aliphatic rings. The van der Waals surface area contributed by atoms with Gasteiger partial charge in [0.2, 0.25) is 10.0 Å². The molecule has 0 radical (unpaired) electrons. The molecule has 1 fully saturated rings. The van der Waals surface area contributed by atoms with Crippen molar-refractivity contribution in [1.29, 1.82) is 0 Å². The molecule has 6 nitrogen and oxygen atoms in total. The van der Waals surface area contributed by atoms with Crippen LogP contribution in [0.2, 0.25) is 0 Å². The van der Waals surface area contributed by atoms with Gasteiger partial charge >= 0.3 is 5.97 Å². The molecule has 0 aliphatic heterocycles. The fourth-order valence-corrected chi connectivity index (χ4v) is 3.57. The van der Waals surface area contributed by atoms with Crippen LogP contribution in [0.3, 0.4) is 0 Å². The van der Waals surface area contributed by atoms with Gasteiger partial charge in [-0.2, -0.15) is 0 Å². The Morgan fingerprint density at radius 1 is 1.00 bits per heavy atom. The zero-order valence-corrected chi connectivity index (χ0v) is 15.1. The van der Waals surface area contributed by atoms with Crippen LogP contribution in [0.1, 0.15) is 24.8 Å². The summed E-state index contributed by atoms with van der Waals surface area (Å²) in [5.74, 6) is 0.262. The Morgan fingerprint density at radius 2 is 1.65 bits per heavy atom. The van der Waals surface area contributed by atoms with Crippen molar-refractivity contribution in [3.8, 4) is 5.75 Å². The summed E-state index contributed by atoms with van der Waals surface area (Å²) in [5.41, 5.74) is 0.467. The topological polar surface area (TPSA) is 95.7 Å². The molecule has 2 N–H and O–H groups in total.